The first kappa shape index (κ1) is 18.0. The van der Waals surface area contributed by atoms with Gasteiger partial charge in [-0.3, -0.25) is 4.79 Å². The van der Waals surface area contributed by atoms with Gasteiger partial charge < -0.3 is 20.1 Å². The van der Waals surface area contributed by atoms with Gasteiger partial charge in [0.05, 0.1) is 44.3 Å². The number of piperazine rings is 1. The van der Waals surface area contributed by atoms with Crippen LogP contribution in [0, 0.1) is 0 Å². The first-order valence-corrected chi connectivity index (χ1v) is 9.87. The van der Waals surface area contributed by atoms with E-state index in [0.29, 0.717) is 50.9 Å². The highest BCUT2D eigenvalue weighted by atomic mass is 32.2. The van der Waals surface area contributed by atoms with E-state index >= 15 is 0 Å². The van der Waals surface area contributed by atoms with Crippen LogP contribution in [0.4, 0.5) is 0 Å². The van der Waals surface area contributed by atoms with Crippen molar-refractivity contribution in [1.29, 1.82) is 0 Å². The number of fused-ring (bicyclic) bond motifs is 1. The molecule has 3 N–H and O–H groups in total. The second-order valence-electron chi connectivity index (χ2n) is 6.35. The normalized spacial score (nSPS) is 20.7. The average molecular weight is 370 g/mol. The van der Waals surface area contributed by atoms with Crippen molar-refractivity contribution >= 4 is 15.9 Å². The lowest BCUT2D eigenvalue weighted by atomic mass is 10.2. The molecule has 1 aromatic rings. The molecule has 0 spiro atoms. The molecular formula is C16H24N3O5S+. The minimum Gasteiger partial charge on any atom is -0.490 e. The number of hydrogen-bond donors (Lipinski definition) is 2. The molecule has 25 heavy (non-hydrogen) atoms. The quantitative estimate of drug-likeness (QED) is 0.679. The maximum atomic E-state index is 12.9. The minimum absolute atomic E-state index is 0.197. The van der Waals surface area contributed by atoms with Gasteiger partial charge in [0.25, 0.3) is 5.91 Å². The lowest BCUT2D eigenvalue weighted by Gasteiger charge is -2.33. The van der Waals surface area contributed by atoms with E-state index in [-0.39, 0.29) is 16.8 Å². The maximum Gasteiger partial charge on any atom is 0.275 e. The molecular weight excluding hydrogens is 346 g/mol. The summed E-state index contributed by atoms with van der Waals surface area (Å²) in [6.45, 7) is 4.63. The number of benzene rings is 1. The lowest BCUT2D eigenvalue weighted by molar-refractivity contribution is -0.917. The Morgan fingerprint density at radius 1 is 1.20 bits per heavy atom. The molecule has 0 saturated carbocycles. The Balaban J connectivity index is 1.74. The van der Waals surface area contributed by atoms with Crippen LogP contribution >= 0.6 is 0 Å². The average Bonchev–Trinajstić information content (AvgIpc) is 2.85. The fourth-order valence-corrected chi connectivity index (χ4v) is 4.56. The predicted octanol–water partition coefficient (Wildman–Crippen LogP) is -1.39. The van der Waals surface area contributed by atoms with E-state index in [0.717, 1.165) is 11.3 Å². The predicted molar refractivity (Wildman–Crippen MR) is 90.2 cm³/mol. The number of ether oxygens (including phenoxy) is 2. The molecule has 0 bridgehead atoms. The van der Waals surface area contributed by atoms with Gasteiger partial charge in [-0.25, -0.2) is 8.42 Å². The van der Waals surface area contributed by atoms with E-state index in [1.165, 1.54) is 10.4 Å². The second-order valence-corrected chi connectivity index (χ2v) is 8.28. The smallest absolute Gasteiger partial charge is 0.275 e. The number of rotatable bonds is 4. The number of sulfonamides is 1. The molecule has 9 heteroatoms. The fraction of sp³-hybridized carbons (Fsp3) is 0.562. The van der Waals surface area contributed by atoms with Gasteiger partial charge in [0.2, 0.25) is 10.0 Å². The third-order valence-electron chi connectivity index (χ3n) is 4.76. The summed E-state index contributed by atoms with van der Waals surface area (Å²) < 4.78 is 38.4. The molecule has 0 unspecified atom stereocenters. The van der Waals surface area contributed by atoms with Crippen LogP contribution in [0.5, 0.6) is 11.5 Å². The number of amides is 1. The van der Waals surface area contributed by atoms with E-state index in [1.54, 1.807) is 19.1 Å². The summed E-state index contributed by atoms with van der Waals surface area (Å²) in [5.74, 6) is 0.667. The molecule has 8 nitrogen and oxygen atoms in total. The Kier molecular flexibility index (Phi) is 5.16. The number of primary amides is 1. The summed E-state index contributed by atoms with van der Waals surface area (Å²) in [5.41, 5.74) is 5.34. The van der Waals surface area contributed by atoms with Gasteiger partial charge in [0, 0.05) is 12.5 Å². The zero-order chi connectivity index (χ0) is 18.0. The van der Waals surface area contributed by atoms with E-state index in [4.69, 9.17) is 15.2 Å². The van der Waals surface area contributed by atoms with Crippen molar-refractivity contribution in [3.8, 4) is 11.5 Å². The molecule has 2 heterocycles. The highest BCUT2D eigenvalue weighted by Gasteiger charge is 2.34. The zero-order valence-electron chi connectivity index (χ0n) is 14.2. The molecule has 1 atom stereocenters. The number of nitrogens with zero attached hydrogens (tertiary/aromatic N) is 1. The van der Waals surface area contributed by atoms with Crippen LogP contribution in [0.25, 0.3) is 0 Å². The minimum atomic E-state index is -3.61. The highest BCUT2D eigenvalue weighted by Crippen LogP contribution is 2.32. The molecule has 0 radical (unpaired) electrons. The van der Waals surface area contributed by atoms with Gasteiger partial charge in [-0.15, -0.1) is 0 Å². The van der Waals surface area contributed by atoms with Gasteiger partial charge in [0.15, 0.2) is 17.5 Å². The van der Waals surface area contributed by atoms with Crippen molar-refractivity contribution in [2.45, 2.75) is 24.3 Å². The lowest BCUT2D eigenvalue weighted by Crippen LogP contribution is -3.19. The first-order chi connectivity index (χ1) is 11.9. The number of hydrogen-bond acceptors (Lipinski definition) is 5. The van der Waals surface area contributed by atoms with Gasteiger partial charge >= 0.3 is 0 Å². The molecule has 1 amide bonds. The summed E-state index contributed by atoms with van der Waals surface area (Å²) in [6.07, 6.45) is 0.763. The number of carbonyl (C=O) groups is 1. The van der Waals surface area contributed by atoms with Crippen LogP contribution in [0.1, 0.15) is 13.3 Å². The van der Waals surface area contributed by atoms with Crippen molar-refractivity contribution in [1.82, 2.24) is 4.31 Å². The van der Waals surface area contributed by atoms with E-state index in [9.17, 15) is 13.2 Å². The number of nitrogens with one attached hydrogen (secondary N) is 1. The standard InChI is InChI=1S/C16H23N3O5S/c1-12(16(17)20)18-5-7-19(8-6-18)25(21,22)13-3-4-14-15(11-13)24-10-2-9-23-14/h3-4,11-12H,2,5-10H2,1H3,(H2,17,20)/p+1/t12-/m0/s1. The van der Waals surface area contributed by atoms with Crippen LogP contribution in [-0.2, 0) is 14.8 Å². The van der Waals surface area contributed by atoms with Crippen LogP contribution in [0.3, 0.4) is 0 Å². The van der Waals surface area contributed by atoms with Gasteiger partial charge in [-0.2, -0.15) is 4.31 Å². The summed E-state index contributed by atoms with van der Waals surface area (Å²) in [4.78, 5) is 12.5. The number of quaternary nitrogens is 1. The van der Waals surface area contributed by atoms with E-state index in [1.807, 2.05) is 0 Å². The van der Waals surface area contributed by atoms with Crippen LogP contribution in [-0.4, -0.2) is 64.1 Å². The molecule has 0 aromatic heterocycles. The van der Waals surface area contributed by atoms with E-state index in [2.05, 4.69) is 0 Å². The molecule has 1 aromatic carbocycles. The number of carbonyl (C=O) groups excluding carboxylic acids is 1. The Hall–Kier alpha value is -1.84. The summed E-state index contributed by atoms with van der Waals surface area (Å²) in [5, 5.41) is 0. The maximum absolute atomic E-state index is 12.9. The molecule has 3 rings (SSSR count). The molecule has 1 saturated heterocycles. The summed E-state index contributed by atoms with van der Waals surface area (Å²) in [7, 11) is -3.61. The Morgan fingerprint density at radius 2 is 1.84 bits per heavy atom. The van der Waals surface area contributed by atoms with Gasteiger partial charge in [0.1, 0.15) is 0 Å². The largest absolute Gasteiger partial charge is 0.490 e. The van der Waals surface area contributed by atoms with Crippen molar-refractivity contribution in [3.63, 3.8) is 0 Å². The number of nitrogens with two attached hydrogens (primary N) is 1. The Morgan fingerprint density at radius 3 is 2.48 bits per heavy atom. The second kappa shape index (κ2) is 7.19. The summed E-state index contributed by atoms with van der Waals surface area (Å²) >= 11 is 0. The summed E-state index contributed by atoms with van der Waals surface area (Å²) in [6, 6.07) is 4.41. The van der Waals surface area contributed by atoms with Crippen molar-refractivity contribution < 1.29 is 27.6 Å². The Labute approximate surface area is 147 Å². The molecule has 2 aliphatic heterocycles. The van der Waals surface area contributed by atoms with Gasteiger partial charge in [-0.05, 0) is 19.1 Å². The highest BCUT2D eigenvalue weighted by molar-refractivity contribution is 7.89. The monoisotopic (exact) mass is 370 g/mol. The van der Waals surface area contributed by atoms with Crippen molar-refractivity contribution in [3.05, 3.63) is 18.2 Å². The first-order valence-electron chi connectivity index (χ1n) is 8.43. The van der Waals surface area contributed by atoms with Crippen molar-refractivity contribution in [2.24, 2.45) is 5.73 Å². The fourth-order valence-electron chi connectivity index (χ4n) is 3.10. The van der Waals surface area contributed by atoms with Crippen LogP contribution < -0.4 is 20.1 Å². The Bertz CT molecular complexity index is 744. The van der Waals surface area contributed by atoms with Crippen LogP contribution in [0.15, 0.2) is 23.1 Å². The van der Waals surface area contributed by atoms with Crippen molar-refractivity contribution in [2.75, 3.05) is 39.4 Å². The molecule has 138 valence electrons. The zero-order valence-corrected chi connectivity index (χ0v) is 15.0. The SMILES string of the molecule is C[C@@H](C(N)=O)[NH+]1CCN(S(=O)(=O)c2ccc3c(c2)OCCCO3)CC1. The van der Waals surface area contributed by atoms with E-state index < -0.39 is 10.0 Å². The third-order valence-corrected chi connectivity index (χ3v) is 6.66. The molecule has 2 aliphatic rings. The molecule has 1 fully saturated rings. The molecule has 0 aliphatic carbocycles. The van der Waals surface area contributed by atoms with Gasteiger partial charge in [-0.1, -0.05) is 0 Å². The van der Waals surface area contributed by atoms with Crippen LogP contribution in [0.2, 0.25) is 0 Å². The topological polar surface area (TPSA) is 103 Å². The third kappa shape index (κ3) is 3.73.